The Kier molecular flexibility index (Phi) is 7.04. The molecular formula is C21H26FN5O2S. The van der Waals surface area contributed by atoms with Crippen LogP contribution in [0.2, 0.25) is 0 Å². The summed E-state index contributed by atoms with van der Waals surface area (Å²) in [6, 6.07) is 12.0. The number of aromatic nitrogens is 2. The van der Waals surface area contributed by atoms with Gasteiger partial charge in [0.2, 0.25) is 0 Å². The fraction of sp³-hybridized carbons (Fsp3) is 0.333. The number of fused-ring (bicyclic) bond motifs is 1. The fourth-order valence-electron chi connectivity index (χ4n) is 3.17. The average molecular weight is 432 g/mol. The van der Waals surface area contributed by atoms with Crippen molar-refractivity contribution in [2.45, 2.75) is 25.1 Å². The van der Waals surface area contributed by atoms with E-state index < -0.39 is 15.7 Å². The van der Waals surface area contributed by atoms with E-state index >= 15 is 0 Å². The minimum Gasteiger partial charge on any atom is -0.356 e. The van der Waals surface area contributed by atoms with E-state index in [1.165, 1.54) is 18.2 Å². The molecule has 9 heteroatoms. The third kappa shape index (κ3) is 6.28. The molecule has 3 aromatic rings. The van der Waals surface area contributed by atoms with Crippen molar-refractivity contribution < 1.29 is 12.8 Å². The van der Waals surface area contributed by atoms with E-state index in [1.54, 1.807) is 7.05 Å². The van der Waals surface area contributed by atoms with Crippen LogP contribution in [0.3, 0.4) is 0 Å². The number of sulfone groups is 1. The predicted molar refractivity (Wildman–Crippen MR) is 118 cm³/mol. The molecule has 7 nitrogen and oxygen atoms in total. The maximum Gasteiger partial charge on any atom is 0.191 e. The number of aliphatic imine (C=N–C) groups is 1. The zero-order valence-corrected chi connectivity index (χ0v) is 17.9. The molecule has 0 radical (unpaired) electrons. The summed E-state index contributed by atoms with van der Waals surface area (Å²) in [5.74, 6) is 0.964. The third-order valence-electron chi connectivity index (χ3n) is 4.58. The highest BCUT2D eigenvalue weighted by Gasteiger charge is 2.11. The Morgan fingerprint density at radius 3 is 2.70 bits per heavy atom. The molecule has 0 unspecified atom stereocenters. The number of hydrogen-bond acceptors (Lipinski definition) is 4. The van der Waals surface area contributed by atoms with Crippen molar-refractivity contribution >= 4 is 26.8 Å². The molecule has 0 aliphatic rings. The highest BCUT2D eigenvalue weighted by Crippen LogP contribution is 2.14. The molecule has 0 saturated carbocycles. The van der Waals surface area contributed by atoms with Gasteiger partial charge in [0.25, 0.3) is 0 Å². The lowest BCUT2D eigenvalue weighted by atomic mass is 10.1. The number of imidazole rings is 1. The first-order valence-corrected chi connectivity index (χ1v) is 11.7. The molecular weight excluding hydrogens is 405 g/mol. The minimum atomic E-state index is -3.22. The first-order valence-electron chi connectivity index (χ1n) is 9.67. The molecule has 3 rings (SSSR count). The monoisotopic (exact) mass is 431 g/mol. The second-order valence-corrected chi connectivity index (χ2v) is 9.28. The first kappa shape index (κ1) is 21.8. The molecule has 0 aliphatic heterocycles. The van der Waals surface area contributed by atoms with Crippen LogP contribution in [0.15, 0.2) is 47.5 Å². The summed E-state index contributed by atoms with van der Waals surface area (Å²) < 4.78 is 36.9. The Balaban J connectivity index is 1.51. The van der Waals surface area contributed by atoms with Crippen molar-refractivity contribution in [3.05, 3.63) is 65.2 Å². The van der Waals surface area contributed by atoms with Gasteiger partial charge in [-0.05, 0) is 41.8 Å². The average Bonchev–Trinajstić information content (AvgIpc) is 3.11. The highest BCUT2D eigenvalue weighted by molar-refractivity contribution is 7.89. The van der Waals surface area contributed by atoms with Crippen molar-refractivity contribution in [1.82, 2.24) is 20.6 Å². The van der Waals surface area contributed by atoms with Crippen molar-refractivity contribution in [2.24, 2.45) is 4.99 Å². The van der Waals surface area contributed by atoms with E-state index in [2.05, 4.69) is 25.6 Å². The van der Waals surface area contributed by atoms with Crippen LogP contribution in [0.5, 0.6) is 0 Å². The number of hydrogen-bond donors (Lipinski definition) is 3. The smallest absolute Gasteiger partial charge is 0.191 e. The highest BCUT2D eigenvalue weighted by atomic mass is 32.2. The van der Waals surface area contributed by atoms with E-state index in [1.807, 2.05) is 24.3 Å². The lowest BCUT2D eigenvalue weighted by Crippen LogP contribution is -2.37. The molecule has 0 saturated heterocycles. The molecule has 0 aliphatic carbocycles. The van der Waals surface area contributed by atoms with Gasteiger partial charge in [0.15, 0.2) is 15.8 Å². The van der Waals surface area contributed by atoms with E-state index in [4.69, 9.17) is 0 Å². The number of H-pyrrole nitrogens is 1. The maximum absolute atomic E-state index is 13.6. The van der Waals surface area contributed by atoms with Gasteiger partial charge >= 0.3 is 0 Å². The summed E-state index contributed by atoms with van der Waals surface area (Å²) in [6.45, 7) is 0.946. The summed E-state index contributed by atoms with van der Waals surface area (Å²) in [5, 5.41) is 6.32. The number of para-hydroxylation sites is 2. The zero-order chi connectivity index (χ0) is 21.6. The quantitative estimate of drug-likeness (QED) is 0.289. The second-order valence-electron chi connectivity index (χ2n) is 7.14. The van der Waals surface area contributed by atoms with Gasteiger partial charge in [-0.3, -0.25) is 4.99 Å². The Labute approximate surface area is 175 Å². The number of guanidine groups is 1. The normalized spacial score (nSPS) is 12.3. The van der Waals surface area contributed by atoms with E-state index in [0.29, 0.717) is 23.6 Å². The third-order valence-corrected chi connectivity index (χ3v) is 5.41. The zero-order valence-electron chi connectivity index (χ0n) is 17.1. The Hall–Kier alpha value is -2.94. The topological polar surface area (TPSA) is 99.2 Å². The van der Waals surface area contributed by atoms with Gasteiger partial charge in [-0.2, -0.15) is 0 Å². The van der Waals surface area contributed by atoms with Crippen molar-refractivity contribution in [3.8, 4) is 0 Å². The summed E-state index contributed by atoms with van der Waals surface area (Å²) >= 11 is 0. The van der Waals surface area contributed by atoms with Gasteiger partial charge in [-0.1, -0.05) is 18.2 Å². The lowest BCUT2D eigenvalue weighted by molar-refractivity contribution is 0.599. The molecule has 160 valence electrons. The van der Waals surface area contributed by atoms with Crippen molar-refractivity contribution in [3.63, 3.8) is 0 Å². The van der Waals surface area contributed by atoms with Crippen LogP contribution in [-0.2, 0) is 28.6 Å². The van der Waals surface area contributed by atoms with Crippen LogP contribution in [0, 0.1) is 5.82 Å². The SMILES string of the molecule is CN=C(NCCCc1nc2ccccc2[nH]1)NCc1cc(F)ccc1CS(C)(=O)=O. The number of nitrogens with zero attached hydrogens (tertiary/aromatic N) is 2. The van der Waals surface area contributed by atoms with Crippen LogP contribution in [0.25, 0.3) is 11.0 Å². The molecule has 1 aromatic heterocycles. The molecule has 0 fully saturated rings. The Bertz CT molecular complexity index is 1110. The summed E-state index contributed by atoms with van der Waals surface area (Å²) in [7, 11) is -1.57. The van der Waals surface area contributed by atoms with Gasteiger partial charge < -0.3 is 15.6 Å². The lowest BCUT2D eigenvalue weighted by Gasteiger charge is -2.14. The number of nitrogens with one attached hydrogen (secondary N) is 3. The van der Waals surface area contributed by atoms with Gasteiger partial charge in [-0.25, -0.2) is 17.8 Å². The van der Waals surface area contributed by atoms with Gasteiger partial charge in [0.1, 0.15) is 11.6 Å². The van der Waals surface area contributed by atoms with Crippen LogP contribution < -0.4 is 10.6 Å². The predicted octanol–water partition coefficient (Wildman–Crippen LogP) is 2.54. The number of aryl methyl sites for hydroxylation is 1. The number of benzene rings is 2. The standard InChI is InChI=1S/C21H26FN5O2S/c1-23-21(24-11-5-8-20-26-18-6-3-4-7-19(18)27-20)25-13-16-12-17(22)10-9-15(16)14-30(2,28)29/h3-4,6-7,9-10,12H,5,8,11,13-14H2,1-2H3,(H,26,27)(H2,23,24,25). The van der Waals surface area contributed by atoms with Gasteiger partial charge in [0.05, 0.1) is 16.8 Å². The van der Waals surface area contributed by atoms with Crippen LogP contribution in [-0.4, -0.2) is 44.2 Å². The summed E-state index contributed by atoms with van der Waals surface area (Å²) in [4.78, 5) is 12.0. The Morgan fingerprint density at radius 1 is 1.17 bits per heavy atom. The van der Waals surface area contributed by atoms with Gasteiger partial charge in [0, 0.05) is 32.8 Å². The molecule has 0 amide bonds. The molecule has 2 aromatic carbocycles. The van der Waals surface area contributed by atoms with E-state index in [9.17, 15) is 12.8 Å². The summed E-state index contributed by atoms with van der Waals surface area (Å²) in [5.41, 5.74) is 3.15. The largest absolute Gasteiger partial charge is 0.356 e. The number of aromatic amines is 1. The van der Waals surface area contributed by atoms with Gasteiger partial charge in [-0.15, -0.1) is 0 Å². The second kappa shape index (κ2) is 9.71. The minimum absolute atomic E-state index is 0.131. The van der Waals surface area contributed by atoms with E-state index in [-0.39, 0.29) is 12.3 Å². The first-order chi connectivity index (χ1) is 14.3. The van der Waals surface area contributed by atoms with Crippen LogP contribution in [0.1, 0.15) is 23.4 Å². The summed E-state index contributed by atoms with van der Waals surface area (Å²) in [6.07, 6.45) is 2.80. The van der Waals surface area contributed by atoms with Crippen molar-refractivity contribution in [2.75, 3.05) is 19.8 Å². The number of halogens is 1. The van der Waals surface area contributed by atoms with E-state index in [0.717, 1.165) is 36.0 Å². The molecule has 0 bridgehead atoms. The molecule has 30 heavy (non-hydrogen) atoms. The molecule has 0 spiro atoms. The fourth-order valence-corrected chi connectivity index (χ4v) is 4.02. The van der Waals surface area contributed by atoms with Crippen molar-refractivity contribution in [1.29, 1.82) is 0 Å². The Morgan fingerprint density at radius 2 is 1.97 bits per heavy atom. The number of rotatable bonds is 8. The molecule has 1 heterocycles. The van der Waals surface area contributed by atoms with Crippen LogP contribution >= 0.6 is 0 Å². The van der Waals surface area contributed by atoms with Crippen LogP contribution in [0.4, 0.5) is 4.39 Å². The molecule has 3 N–H and O–H groups in total. The maximum atomic E-state index is 13.6. The molecule has 0 atom stereocenters.